The van der Waals surface area contributed by atoms with Gasteiger partial charge in [0.25, 0.3) is 15.9 Å². The maximum absolute atomic E-state index is 13.5. The minimum absolute atomic E-state index is 0.127. The zero-order valence-electron chi connectivity index (χ0n) is 21.2. The van der Waals surface area contributed by atoms with Crippen molar-refractivity contribution in [2.75, 3.05) is 17.5 Å². The lowest BCUT2D eigenvalue weighted by Gasteiger charge is -2.25. The van der Waals surface area contributed by atoms with Gasteiger partial charge in [0, 0.05) is 10.9 Å². The van der Waals surface area contributed by atoms with Crippen molar-refractivity contribution in [3.05, 3.63) is 139 Å². The zero-order valence-corrected chi connectivity index (χ0v) is 22.1. The molecule has 0 spiro atoms. The van der Waals surface area contributed by atoms with Crippen molar-refractivity contribution >= 4 is 32.4 Å². The summed E-state index contributed by atoms with van der Waals surface area (Å²) in [6, 6.07) is 38.2. The summed E-state index contributed by atoms with van der Waals surface area (Å²) in [5, 5.41) is 5.01. The quantitative estimate of drug-likeness (QED) is 0.221. The van der Waals surface area contributed by atoms with Crippen LogP contribution >= 0.6 is 0 Å². The fraction of sp³-hybridized carbons (Fsp3) is 0.0938. The molecule has 0 saturated heterocycles. The van der Waals surface area contributed by atoms with E-state index < -0.39 is 10.0 Å². The Balaban J connectivity index is 1.23. The third-order valence-corrected chi connectivity index (χ3v) is 8.10. The van der Waals surface area contributed by atoms with E-state index in [9.17, 15) is 13.2 Å². The molecule has 5 aromatic rings. The molecule has 0 heterocycles. The van der Waals surface area contributed by atoms with Crippen LogP contribution < -0.4 is 14.4 Å². The number of carbonyl (C=O) groups is 1. The number of para-hydroxylation sites is 1. The number of nitrogens with zero attached hydrogens (tertiary/aromatic N) is 1. The number of hydrogen-bond donors (Lipinski definition) is 1. The average Bonchev–Trinajstić information content (AvgIpc) is 2.99. The number of nitrogens with one attached hydrogen (secondary N) is 1. The summed E-state index contributed by atoms with van der Waals surface area (Å²) in [6.07, 6.45) is 0. The molecular weight excluding hydrogens is 508 g/mol. The van der Waals surface area contributed by atoms with Crippen molar-refractivity contribution in [2.45, 2.75) is 11.4 Å². The second kappa shape index (κ2) is 11.8. The minimum Gasteiger partial charge on any atom is -0.491 e. The minimum atomic E-state index is -3.79. The molecule has 1 amide bonds. The fourth-order valence-corrected chi connectivity index (χ4v) is 5.78. The van der Waals surface area contributed by atoms with Crippen molar-refractivity contribution in [2.24, 2.45) is 0 Å². The lowest BCUT2D eigenvalue weighted by Crippen LogP contribution is -2.30. The Morgan fingerprint density at radius 1 is 0.718 bits per heavy atom. The summed E-state index contributed by atoms with van der Waals surface area (Å²) in [4.78, 5) is 12.9. The Kier molecular flexibility index (Phi) is 7.89. The normalized spacial score (nSPS) is 11.2. The van der Waals surface area contributed by atoms with E-state index in [-0.39, 0.29) is 17.3 Å². The van der Waals surface area contributed by atoms with Gasteiger partial charge in [0.05, 0.1) is 23.7 Å². The molecule has 0 saturated carbocycles. The molecular formula is C32H28N2O4S. The second-order valence-corrected chi connectivity index (χ2v) is 10.8. The molecule has 0 fully saturated rings. The molecule has 196 valence electrons. The Labute approximate surface area is 228 Å². The third kappa shape index (κ3) is 6.10. The number of amides is 1. The van der Waals surface area contributed by atoms with Crippen molar-refractivity contribution < 1.29 is 17.9 Å². The first-order valence-corrected chi connectivity index (χ1v) is 14.1. The first-order valence-electron chi connectivity index (χ1n) is 12.6. The monoisotopic (exact) mass is 536 g/mol. The fourth-order valence-electron chi connectivity index (χ4n) is 4.31. The number of sulfonamides is 1. The van der Waals surface area contributed by atoms with Gasteiger partial charge in [-0.1, -0.05) is 84.9 Å². The number of benzene rings is 5. The average molecular weight is 537 g/mol. The first-order chi connectivity index (χ1) is 19.0. The molecule has 0 aliphatic rings. The van der Waals surface area contributed by atoms with Gasteiger partial charge in [-0.05, 0) is 53.4 Å². The number of fused-ring (bicyclic) bond motifs is 1. The molecule has 39 heavy (non-hydrogen) atoms. The van der Waals surface area contributed by atoms with Crippen LogP contribution in [0.1, 0.15) is 15.9 Å². The highest BCUT2D eigenvalue weighted by atomic mass is 32.2. The molecule has 0 bridgehead atoms. The molecule has 6 nitrogen and oxygen atoms in total. The maximum Gasteiger partial charge on any atom is 0.264 e. The molecule has 0 aromatic heterocycles. The summed E-state index contributed by atoms with van der Waals surface area (Å²) in [6.45, 7) is 0.810. The largest absolute Gasteiger partial charge is 0.491 e. The number of ether oxygens (including phenoxy) is 1. The van der Waals surface area contributed by atoms with Gasteiger partial charge >= 0.3 is 0 Å². The Morgan fingerprint density at radius 2 is 1.36 bits per heavy atom. The summed E-state index contributed by atoms with van der Waals surface area (Å²) in [5.74, 6) is 0.556. The van der Waals surface area contributed by atoms with E-state index >= 15 is 0 Å². The van der Waals surface area contributed by atoms with E-state index in [0.717, 1.165) is 22.1 Å². The second-order valence-electron chi connectivity index (χ2n) is 8.94. The van der Waals surface area contributed by atoms with E-state index in [0.29, 0.717) is 24.4 Å². The van der Waals surface area contributed by atoms with Crippen molar-refractivity contribution in [1.29, 1.82) is 0 Å². The molecule has 0 radical (unpaired) electrons. The van der Waals surface area contributed by atoms with Crippen molar-refractivity contribution in [1.82, 2.24) is 5.32 Å². The summed E-state index contributed by atoms with van der Waals surface area (Å²) in [5.41, 5.74) is 1.81. The van der Waals surface area contributed by atoms with Crippen LogP contribution in [0.25, 0.3) is 10.8 Å². The van der Waals surface area contributed by atoms with E-state index in [4.69, 9.17) is 4.74 Å². The highest BCUT2D eigenvalue weighted by Crippen LogP contribution is 2.26. The topological polar surface area (TPSA) is 75.7 Å². The van der Waals surface area contributed by atoms with Gasteiger partial charge in [-0.15, -0.1) is 0 Å². The van der Waals surface area contributed by atoms with E-state index in [1.54, 1.807) is 78.9 Å². The summed E-state index contributed by atoms with van der Waals surface area (Å²) < 4.78 is 34.2. The van der Waals surface area contributed by atoms with Crippen LogP contribution in [-0.4, -0.2) is 27.5 Å². The van der Waals surface area contributed by atoms with Gasteiger partial charge in [-0.2, -0.15) is 0 Å². The first kappa shape index (κ1) is 26.0. The van der Waals surface area contributed by atoms with Crippen LogP contribution in [0, 0.1) is 0 Å². The lowest BCUT2D eigenvalue weighted by molar-refractivity contribution is 0.0947. The molecule has 7 heteroatoms. The van der Waals surface area contributed by atoms with E-state index in [1.807, 2.05) is 48.5 Å². The highest BCUT2D eigenvalue weighted by Gasteiger charge is 2.25. The lowest BCUT2D eigenvalue weighted by atomic mass is 10.1. The van der Waals surface area contributed by atoms with Gasteiger partial charge in [0.2, 0.25) is 0 Å². The molecule has 1 N–H and O–H groups in total. The maximum atomic E-state index is 13.5. The third-order valence-electron chi connectivity index (χ3n) is 6.31. The van der Waals surface area contributed by atoms with Crippen LogP contribution in [0.2, 0.25) is 0 Å². The van der Waals surface area contributed by atoms with Crippen LogP contribution in [0.4, 0.5) is 5.69 Å². The number of rotatable bonds is 10. The predicted octanol–water partition coefficient (Wildman–Crippen LogP) is 6.04. The van der Waals surface area contributed by atoms with Gasteiger partial charge in [-0.25, -0.2) is 8.42 Å². The number of anilines is 1. The van der Waals surface area contributed by atoms with Crippen LogP contribution in [0.3, 0.4) is 0 Å². The highest BCUT2D eigenvalue weighted by molar-refractivity contribution is 7.92. The summed E-state index contributed by atoms with van der Waals surface area (Å²) in [7, 11) is -3.79. The molecule has 0 atom stereocenters. The number of hydrogen-bond acceptors (Lipinski definition) is 4. The van der Waals surface area contributed by atoms with Crippen LogP contribution in [-0.2, 0) is 16.6 Å². The smallest absolute Gasteiger partial charge is 0.264 e. The van der Waals surface area contributed by atoms with Gasteiger partial charge in [0.1, 0.15) is 12.4 Å². The molecule has 5 aromatic carbocycles. The standard InChI is InChI=1S/C32H28N2O4S/c35-32(33-22-23-38-31-17-9-11-26-10-7-8-16-30(26)31)27-20-18-25(19-21-27)24-34(28-12-3-1-4-13-28)39(36,37)29-14-5-2-6-15-29/h1-21H,22-24H2,(H,33,35). The Bertz CT molecular complexity index is 1650. The Morgan fingerprint density at radius 3 is 2.10 bits per heavy atom. The molecule has 0 aliphatic carbocycles. The van der Waals surface area contributed by atoms with E-state index in [1.165, 1.54) is 4.31 Å². The van der Waals surface area contributed by atoms with Gasteiger partial charge in [0.15, 0.2) is 0 Å². The summed E-state index contributed by atoms with van der Waals surface area (Å²) >= 11 is 0. The Hall–Kier alpha value is -4.62. The molecule has 0 unspecified atom stereocenters. The van der Waals surface area contributed by atoms with Crippen molar-refractivity contribution in [3.63, 3.8) is 0 Å². The van der Waals surface area contributed by atoms with Crippen LogP contribution in [0.15, 0.2) is 132 Å². The SMILES string of the molecule is O=C(NCCOc1cccc2ccccc12)c1ccc(CN(c2ccccc2)S(=O)(=O)c2ccccc2)cc1. The predicted molar refractivity (Wildman–Crippen MR) is 154 cm³/mol. The molecule has 5 rings (SSSR count). The van der Waals surface area contributed by atoms with Gasteiger partial charge < -0.3 is 10.1 Å². The van der Waals surface area contributed by atoms with Crippen LogP contribution in [0.5, 0.6) is 5.75 Å². The zero-order chi connectivity index (χ0) is 27.1. The van der Waals surface area contributed by atoms with Crippen molar-refractivity contribution in [3.8, 4) is 5.75 Å². The molecule has 0 aliphatic heterocycles. The van der Waals surface area contributed by atoms with Gasteiger partial charge in [-0.3, -0.25) is 9.10 Å². The van der Waals surface area contributed by atoms with E-state index in [2.05, 4.69) is 5.32 Å². The number of carbonyl (C=O) groups excluding carboxylic acids is 1.